The summed E-state index contributed by atoms with van der Waals surface area (Å²) in [7, 11) is -1.57. The number of likely N-dealkylation sites (tertiary alicyclic amines) is 1. The van der Waals surface area contributed by atoms with E-state index < -0.39 is 15.9 Å². The van der Waals surface area contributed by atoms with Gasteiger partial charge >= 0.3 is 0 Å². The lowest BCUT2D eigenvalue weighted by molar-refractivity contribution is 0.150. The Labute approximate surface area is 208 Å². The van der Waals surface area contributed by atoms with Crippen LogP contribution in [0.5, 0.6) is 0 Å². The van der Waals surface area contributed by atoms with Crippen LogP contribution in [0.3, 0.4) is 0 Å². The molecule has 3 N–H and O–H groups in total. The zero-order chi connectivity index (χ0) is 25.6. The van der Waals surface area contributed by atoms with E-state index in [2.05, 4.69) is 25.3 Å². The Morgan fingerprint density at radius 2 is 2.03 bits per heavy atom. The predicted octanol–water partition coefficient (Wildman–Crippen LogP) is 1.54. The summed E-state index contributed by atoms with van der Waals surface area (Å²) >= 11 is 0. The maximum atomic E-state index is 12.2. The molecule has 1 fully saturated rings. The highest BCUT2D eigenvalue weighted by Gasteiger charge is 2.30. The third-order valence-corrected chi connectivity index (χ3v) is 7.70. The van der Waals surface area contributed by atoms with E-state index in [1.807, 2.05) is 32.3 Å². The van der Waals surface area contributed by atoms with Gasteiger partial charge in [0.05, 0.1) is 23.3 Å². The van der Waals surface area contributed by atoms with Gasteiger partial charge in [-0.25, -0.2) is 18.1 Å². The average molecular weight is 512 g/mol. The van der Waals surface area contributed by atoms with Crippen LogP contribution in [0.15, 0.2) is 47.8 Å². The number of fused-ring (bicyclic) bond motifs is 1. The fourth-order valence-corrected chi connectivity index (χ4v) is 5.64. The molecule has 2 unspecified atom stereocenters. The summed E-state index contributed by atoms with van der Waals surface area (Å²) in [6.45, 7) is 3.01. The molecule has 190 valence electrons. The highest BCUT2D eigenvalue weighted by Crippen LogP contribution is 2.28. The molecule has 1 aliphatic rings. The first-order valence-electron chi connectivity index (χ1n) is 11.6. The molecule has 0 spiro atoms. The van der Waals surface area contributed by atoms with Crippen molar-refractivity contribution in [1.29, 1.82) is 0 Å². The number of nitrogens with zero attached hydrogens (tertiary/aromatic N) is 6. The molecule has 1 saturated heterocycles. The second-order valence-electron chi connectivity index (χ2n) is 9.31. The predicted molar refractivity (Wildman–Crippen MR) is 135 cm³/mol. The van der Waals surface area contributed by atoms with Gasteiger partial charge in [0.25, 0.3) is 0 Å². The van der Waals surface area contributed by atoms with E-state index in [4.69, 9.17) is 0 Å². The molecular weight excluding hydrogens is 482 g/mol. The number of benzene rings is 1. The molecule has 11 nitrogen and oxygen atoms in total. The van der Waals surface area contributed by atoms with E-state index in [9.17, 15) is 18.6 Å². The standard InChI is InChI=1S/C24H29N7O4S/c1-15-16(10-30-12-19(33)9-18(30)14-32)11-31(28-15)23-6-7-25-24(27-23)26-17-4-5-21-20(8-17)22(13-29(21)2)36(3,34)35/h4-8,11,13,18-19,32-33H,9-10,12,14H2,1-3H3,(H,25,26,27). The minimum Gasteiger partial charge on any atom is -0.395 e. The van der Waals surface area contributed by atoms with Crippen molar-refractivity contribution < 1.29 is 18.6 Å². The monoisotopic (exact) mass is 511 g/mol. The van der Waals surface area contributed by atoms with Crippen LogP contribution in [-0.4, -0.2) is 79.4 Å². The van der Waals surface area contributed by atoms with Crippen LogP contribution in [0, 0.1) is 6.92 Å². The topological polar surface area (TPSA) is 138 Å². The number of hydrogen-bond acceptors (Lipinski definition) is 9. The summed E-state index contributed by atoms with van der Waals surface area (Å²) in [5.74, 6) is 0.918. The van der Waals surface area contributed by atoms with Crippen molar-refractivity contribution in [2.75, 3.05) is 24.7 Å². The van der Waals surface area contributed by atoms with Crippen molar-refractivity contribution in [3.63, 3.8) is 0 Å². The number of aryl methyl sites for hydroxylation is 2. The number of nitrogens with one attached hydrogen (secondary N) is 1. The molecule has 5 rings (SSSR count). The lowest BCUT2D eigenvalue weighted by Gasteiger charge is -2.21. The minimum atomic E-state index is -3.38. The van der Waals surface area contributed by atoms with Crippen molar-refractivity contribution in [2.45, 2.75) is 36.9 Å². The lowest BCUT2D eigenvalue weighted by atomic mass is 10.2. The smallest absolute Gasteiger partial charge is 0.229 e. The third kappa shape index (κ3) is 4.72. The summed E-state index contributed by atoms with van der Waals surface area (Å²) in [6, 6.07) is 7.17. The summed E-state index contributed by atoms with van der Waals surface area (Å²) < 4.78 is 27.9. The van der Waals surface area contributed by atoms with Gasteiger partial charge in [0.1, 0.15) is 0 Å². The van der Waals surface area contributed by atoms with Gasteiger partial charge in [0.15, 0.2) is 15.7 Å². The second kappa shape index (κ2) is 9.28. The Morgan fingerprint density at radius 1 is 1.22 bits per heavy atom. The molecule has 1 aromatic carbocycles. The van der Waals surface area contributed by atoms with Gasteiger partial charge in [0, 0.05) is 79.2 Å². The summed E-state index contributed by atoms with van der Waals surface area (Å²) in [4.78, 5) is 11.2. The first kappa shape index (κ1) is 24.4. The first-order chi connectivity index (χ1) is 17.1. The summed E-state index contributed by atoms with van der Waals surface area (Å²) in [5, 5.41) is 28.0. The van der Waals surface area contributed by atoms with Gasteiger partial charge < -0.3 is 20.1 Å². The van der Waals surface area contributed by atoms with Crippen molar-refractivity contribution in [3.8, 4) is 5.82 Å². The first-order valence-corrected chi connectivity index (χ1v) is 13.5. The Hall–Kier alpha value is -3.32. The molecule has 4 heterocycles. The number of β-amino-alcohol motifs (C(OH)–C–C–N with tert-alkyl or cyclic N) is 1. The number of rotatable bonds is 7. The minimum absolute atomic E-state index is 0.00559. The average Bonchev–Trinajstić information content (AvgIpc) is 3.48. The Morgan fingerprint density at radius 3 is 2.78 bits per heavy atom. The fraction of sp³-hybridized carbons (Fsp3) is 0.375. The largest absolute Gasteiger partial charge is 0.395 e. The van der Waals surface area contributed by atoms with E-state index in [1.54, 1.807) is 33.8 Å². The number of hydrogen-bond donors (Lipinski definition) is 3. The molecule has 36 heavy (non-hydrogen) atoms. The Bertz CT molecular complexity index is 1530. The summed E-state index contributed by atoms with van der Waals surface area (Å²) in [5.41, 5.74) is 3.29. The van der Waals surface area contributed by atoms with E-state index in [-0.39, 0.29) is 17.5 Å². The van der Waals surface area contributed by atoms with Crippen LogP contribution in [-0.2, 0) is 23.4 Å². The highest BCUT2D eigenvalue weighted by molar-refractivity contribution is 7.91. The molecule has 0 aliphatic carbocycles. The normalized spacial score (nSPS) is 18.8. The molecule has 0 saturated carbocycles. The number of sulfone groups is 1. The van der Waals surface area contributed by atoms with Crippen LogP contribution in [0.25, 0.3) is 16.7 Å². The summed E-state index contributed by atoms with van der Waals surface area (Å²) in [6.07, 6.45) is 6.47. The molecule has 12 heteroatoms. The molecule has 0 amide bonds. The van der Waals surface area contributed by atoms with Gasteiger partial charge in [-0.1, -0.05) is 0 Å². The second-order valence-corrected chi connectivity index (χ2v) is 11.3. The van der Waals surface area contributed by atoms with E-state index in [0.717, 1.165) is 16.8 Å². The van der Waals surface area contributed by atoms with Crippen molar-refractivity contribution >= 4 is 32.4 Å². The molecule has 0 radical (unpaired) electrons. The van der Waals surface area contributed by atoms with E-state index in [1.165, 1.54) is 6.26 Å². The van der Waals surface area contributed by atoms with Crippen LogP contribution < -0.4 is 5.32 Å². The van der Waals surface area contributed by atoms with Crippen LogP contribution in [0.4, 0.5) is 11.6 Å². The lowest BCUT2D eigenvalue weighted by Crippen LogP contribution is -2.32. The number of aliphatic hydroxyl groups is 2. The number of aromatic nitrogens is 5. The van der Waals surface area contributed by atoms with Crippen LogP contribution in [0.1, 0.15) is 17.7 Å². The molecule has 4 aromatic rings. The zero-order valence-corrected chi connectivity index (χ0v) is 21.1. The van der Waals surface area contributed by atoms with Crippen molar-refractivity contribution in [1.82, 2.24) is 29.2 Å². The number of anilines is 2. The third-order valence-electron chi connectivity index (χ3n) is 6.57. The quantitative estimate of drug-likeness (QED) is 0.337. The molecule has 2 atom stereocenters. The van der Waals surface area contributed by atoms with Crippen molar-refractivity contribution in [2.24, 2.45) is 7.05 Å². The van der Waals surface area contributed by atoms with Gasteiger partial charge in [-0.3, -0.25) is 4.90 Å². The Kier molecular flexibility index (Phi) is 6.29. The van der Waals surface area contributed by atoms with Gasteiger partial charge in [0.2, 0.25) is 5.95 Å². The van der Waals surface area contributed by atoms with Crippen molar-refractivity contribution in [3.05, 3.63) is 54.1 Å². The zero-order valence-electron chi connectivity index (χ0n) is 20.3. The fourth-order valence-electron chi connectivity index (χ4n) is 4.72. The Balaban J connectivity index is 1.39. The van der Waals surface area contributed by atoms with Gasteiger partial charge in [-0.05, 0) is 31.5 Å². The van der Waals surface area contributed by atoms with E-state index >= 15 is 0 Å². The molecule has 0 bridgehead atoms. The van der Waals surface area contributed by atoms with E-state index in [0.29, 0.717) is 42.4 Å². The van der Waals surface area contributed by atoms with Crippen LogP contribution >= 0.6 is 0 Å². The molecular formula is C24H29N7O4S. The maximum Gasteiger partial charge on any atom is 0.229 e. The molecule has 1 aliphatic heterocycles. The van der Waals surface area contributed by atoms with Crippen LogP contribution in [0.2, 0.25) is 0 Å². The maximum absolute atomic E-state index is 12.2. The number of aliphatic hydroxyl groups excluding tert-OH is 2. The SMILES string of the molecule is Cc1nn(-c2ccnc(Nc3ccc4c(c3)c(S(C)(=O)=O)cn4C)n2)cc1CN1CC(O)CC1CO. The molecule has 3 aromatic heterocycles. The highest BCUT2D eigenvalue weighted by atomic mass is 32.2. The van der Waals surface area contributed by atoms with Gasteiger partial charge in [-0.2, -0.15) is 10.1 Å². The van der Waals surface area contributed by atoms with Gasteiger partial charge in [-0.15, -0.1) is 0 Å².